The van der Waals surface area contributed by atoms with Crippen LogP contribution in [-0.4, -0.2) is 40.5 Å². The number of pyridine rings is 1. The van der Waals surface area contributed by atoms with Gasteiger partial charge in [0.05, 0.1) is 5.56 Å². The van der Waals surface area contributed by atoms with Crippen molar-refractivity contribution in [2.75, 3.05) is 13.2 Å². The summed E-state index contributed by atoms with van der Waals surface area (Å²) in [4.78, 5) is 17.5. The molecule has 0 unspecified atom stereocenters. The summed E-state index contributed by atoms with van der Waals surface area (Å²) in [6, 6.07) is 9.24. The van der Waals surface area contributed by atoms with Gasteiger partial charge in [-0.15, -0.1) is 0 Å². The van der Waals surface area contributed by atoms with Gasteiger partial charge in [0.15, 0.2) is 6.29 Å². The first-order chi connectivity index (χ1) is 11.3. The second-order valence-electron chi connectivity index (χ2n) is 5.74. The van der Waals surface area contributed by atoms with Gasteiger partial charge < -0.3 is 9.84 Å². The third kappa shape index (κ3) is 3.68. The quantitative estimate of drug-likeness (QED) is 0.831. The Bertz CT molecular complexity index is 661. The van der Waals surface area contributed by atoms with Crippen LogP contribution in [-0.2, 0) is 6.54 Å². The summed E-state index contributed by atoms with van der Waals surface area (Å²) in [5.74, 6) is 0.397. The number of hydrogen-bond donors (Lipinski definition) is 1. The molecule has 2 aromatic rings. The van der Waals surface area contributed by atoms with Crippen LogP contribution in [0.1, 0.15) is 28.8 Å². The van der Waals surface area contributed by atoms with Gasteiger partial charge in [-0.3, -0.25) is 14.7 Å². The predicted octanol–water partition coefficient (Wildman–Crippen LogP) is 2.64. The molecule has 0 amide bonds. The Hall–Kier alpha value is -2.40. The number of aromatic nitrogens is 1. The highest BCUT2D eigenvalue weighted by molar-refractivity contribution is 5.83. The molecule has 1 atom stereocenters. The average molecular weight is 312 g/mol. The molecule has 23 heavy (non-hydrogen) atoms. The Morgan fingerprint density at radius 1 is 1.30 bits per heavy atom. The maximum Gasteiger partial charge on any atom is 0.157 e. The molecule has 5 heteroatoms. The second-order valence-corrected chi connectivity index (χ2v) is 5.74. The molecular weight excluding hydrogens is 292 g/mol. The van der Waals surface area contributed by atoms with Crippen molar-refractivity contribution in [3.05, 3.63) is 53.9 Å². The van der Waals surface area contributed by atoms with Crippen molar-refractivity contribution in [1.29, 1.82) is 0 Å². The molecule has 0 saturated carbocycles. The SMILES string of the molecule is O=Cc1c(O)cccc1OC[C@@H]1CCCN1Cc1ccncc1. The van der Waals surface area contributed by atoms with Crippen LogP contribution in [0, 0.1) is 0 Å². The third-order valence-electron chi connectivity index (χ3n) is 4.23. The van der Waals surface area contributed by atoms with E-state index >= 15 is 0 Å². The number of carbonyl (C=O) groups is 1. The minimum atomic E-state index is -0.0439. The van der Waals surface area contributed by atoms with Crippen LogP contribution in [0.15, 0.2) is 42.7 Å². The summed E-state index contributed by atoms with van der Waals surface area (Å²) >= 11 is 0. The lowest BCUT2D eigenvalue weighted by atomic mass is 10.2. The van der Waals surface area contributed by atoms with Crippen molar-refractivity contribution in [1.82, 2.24) is 9.88 Å². The van der Waals surface area contributed by atoms with Gasteiger partial charge in [-0.2, -0.15) is 0 Å². The zero-order valence-electron chi connectivity index (χ0n) is 12.9. The van der Waals surface area contributed by atoms with Gasteiger partial charge in [-0.25, -0.2) is 0 Å². The van der Waals surface area contributed by atoms with E-state index in [1.165, 1.54) is 11.6 Å². The summed E-state index contributed by atoms with van der Waals surface area (Å²) in [6.07, 6.45) is 6.45. The summed E-state index contributed by atoms with van der Waals surface area (Å²) in [7, 11) is 0. The van der Waals surface area contributed by atoms with Gasteiger partial charge >= 0.3 is 0 Å². The molecule has 1 N–H and O–H groups in total. The minimum Gasteiger partial charge on any atom is -0.507 e. The van der Waals surface area contributed by atoms with Gasteiger partial charge in [0, 0.05) is 25.0 Å². The lowest BCUT2D eigenvalue weighted by Gasteiger charge is -2.24. The normalized spacial score (nSPS) is 18.0. The molecule has 3 rings (SSSR count). The third-order valence-corrected chi connectivity index (χ3v) is 4.23. The van der Waals surface area contributed by atoms with Crippen molar-refractivity contribution >= 4 is 6.29 Å². The molecule has 1 fully saturated rings. The molecule has 2 heterocycles. The van der Waals surface area contributed by atoms with E-state index in [0.717, 1.165) is 25.9 Å². The molecular formula is C18H20N2O3. The molecule has 0 spiro atoms. The Morgan fingerprint density at radius 2 is 2.13 bits per heavy atom. The monoisotopic (exact) mass is 312 g/mol. The van der Waals surface area contributed by atoms with Gasteiger partial charge in [0.25, 0.3) is 0 Å². The number of hydrogen-bond acceptors (Lipinski definition) is 5. The first kappa shape index (κ1) is 15.5. The largest absolute Gasteiger partial charge is 0.507 e. The fraction of sp³-hybridized carbons (Fsp3) is 0.333. The van der Waals surface area contributed by atoms with Crippen LogP contribution < -0.4 is 4.74 Å². The zero-order valence-corrected chi connectivity index (χ0v) is 12.9. The zero-order chi connectivity index (χ0) is 16.1. The lowest BCUT2D eigenvalue weighted by molar-refractivity contribution is 0.111. The number of phenols is 1. The standard InChI is InChI=1S/C18H20N2O3/c21-12-16-17(22)4-1-5-18(16)23-13-15-3-2-10-20(15)11-14-6-8-19-9-7-14/h1,4-9,12,15,22H,2-3,10-11,13H2/t15-/m0/s1. The summed E-state index contributed by atoms with van der Waals surface area (Å²) in [5.41, 5.74) is 1.45. The van der Waals surface area contributed by atoms with Gasteiger partial charge in [-0.1, -0.05) is 6.07 Å². The van der Waals surface area contributed by atoms with E-state index < -0.39 is 0 Å². The molecule has 0 radical (unpaired) electrons. The number of aldehydes is 1. The lowest BCUT2D eigenvalue weighted by Crippen LogP contribution is -2.33. The fourth-order valence-electron chi connectivity index (χ4n) is 2.98. The maximum absolute atomic E-state index is 11.1. The van der Waals surface area contributed by atoms with Crippen molar-refractivity contribution in [2.45, 2.75) is 25.4 Å². The minimum absolute atomic E-state index is 0.0439. The predicted molar refractivity (Wildman–Crippen MR) is 86.7 cm³/mol. The topological polar surface area (TPSA) is 62.7 Å². The smallest absolute Gasteiger partial charge is 0.157 e. The number of carbonyl (C=O) groups excluding carboxylic acids is 1. The number of ether oxygens (including phenoxy) is 1. The second kappa shape index (κ2) is 7.24. The number of benzene rings is 1. The van der Waals surface area contributed by atoms with Crippen LogP contribution in [0.4, 0.5) is 0 Å². The van der Waals surface area contributed by atoms with E-state index in [1.54, 1.807) is 24.5 Å². The fourth-order valence-corrected chi connectivity index (χ4v) is 2.98. The summed E-state index contributed by atoms with van der Waals surface area (Å²) in [6.45, 7) is 2.42. The van der Waals surface area contributed by atoms with Crippen molar-refractivity contribution in [2.24, 2.45) is 0 Å². The molecule has 1 saturated heterocycles. The van der Waals surface area contributed by atoms with Crippen molar-refractivity contribution < 1.29 is 14.6 Å². The number of nitrogens with zero attached hydrogens (tertiary/aromatic N) is 2. The molecule has 1 aliphatic heterocycles. The van der Waals surface area contributed by atoms with Crippen molar-refractivity contribution in [3.63, 3.8) is 0 Å². The van der Waals surface area contributed by atoms with Crippen LogP contribution in [0.5, 0.6) is 11.5 Å². The highest BCUT2D eigenvalue weighted by atomic mass is 16.5. The maximum atomic E-state index is 11.1. The van der Waals surface area contributed by atoms with Crippen molar-refractivity contribution in [3.8, 4) is 11.5 Å². The summed E-state index contributed by atoms with van der Waals surface area (Å²) < 4.78 is 5.82. The molecule has 1 aliphatic rings. The highest BCUT2D eigenvalue weighted by Gasteiger charge is 2.25. The molecule has 120 valence electrons. The first-order valence-corrected chi connectivity index (χ1v) is 7.81. The number of aromatic hydroxyl groups is 1. The number of phenolic OH excluding ortho intramolecular Hbond substituents is 1. The van der Waals surface area contributed by atoms with Crippen LogP contribution in [0.3, 0.4) is 0 Å². The highest BCUT2D eigenvalue weighted by Crippen LogP contribution is 2.27. The van der Waals surface area contributed by atoms with E-state index in [9.17, 15) is 9.90 Å². The van der Waals surface area contributed by atoms with Gasteiger partial charge in [0.1, 0.15) is 18.1 Å². The average Bonchev–Trinajstić information content (AvgIpc) is 3.01. The molecule has 0 bridgehead atoms. The molecule has 1 aromatic heterocycles. The Kier molecular flexibility index (Phi) is 4.88. The van der Waals surface area contributed by atoms with Gasteiger partial charge in [-0.05, 0) is 49.2 Å². The Labute approximate surface area is 135 Å². The molecule has 5 nitrogen and oxygen atoms in total. The van der Waals surface area contributed by atoms with E-state index in [0.29, 0.717) is 24.7 Å². The van der Waals surface area contributed by atoms with E-state index in [1.807, 2.05) is 12.1 Å². The number of likely N-dealkylation sites (tertiary alicyclic amines) is 1. The van der Waals surface area contributed by atoms with Crippen LogP contribution >= 0.6 is 0 Å². The van der Waals surface area contributed by atoms with E-state index in [4.69, 9.17) is 4.74 Å². The van der Waals surface area contributed by atoms with Gasteiger partial charge in [0.2, 0.25) is 0 Å². The Balaban J connectivity index is 1.63. The van der Waals surface area contributed by atoms with Crippen LogP contribution in [0.25, 0.3) is 0 Å². The van der Waals surface area contributed by atoms with E-state index in [2.05, 4.69) is 9.88 Å². The van der Waals surface area contributed by atoms with Crippen LogP contribution in [0.2, 0.25) is 0 Å². The first-order valence-electron chi connectivity index (χ1n) is 7.81. The van der Waals surface area contributed by atoms with E-state index in [-0.39, 0.29) is 11.3 Å². The Morgan fingerprint density at radius 3 is 2.91 bits per heavy atom. The number of rotatable bonds is 6. The molecule has 0 aliphatic carbocycles. The molecule has 1 aromatic carbocycles. The summed E-state index contributed by atoms with van der Waals surface area (Å²) in [5, 5.41) is 9.70.